The number of hydrogen-bond acceptors (Lipinski definition) is 7. The minimum atomic E-state index is -4.62. The van der Waals surface area contributed by atoms with Crippen LogP contribution in [-0.4, -0.2) is 34.0 Å². The van der Waals surface area contributed by atoms with Crippen LogP contribution in [0.1, 0.15) is 17.5 Å². The summed E-state index contributed by atoms with van der Waals surface area (Å²) < 4.78 is 51.9. The maximum absolute atomic E-state index is 12.7. The van der Waals surface area contributed by atoms with E-state index in [1.807, 2.05) is 0 Å². The Morgan fingerprint density at radius 2 is 2.12 bits per heavy atom. The van der Waals surface area contributed by atoms with Crippen molar-refractivity contribution in [1.82, 2.24) is 4.31 Å². The number of alkyl halides is 3. The van der Waals surface area contributed by atoms with Gasteiger partial charge in [0.1, 0.15) is 23.7 Å². The minimum absolute atomic E-state index is 0.0914. The molecule has 1 aromatic carbocycles. The van der Waals surface area contributed by atoms with E-state index >= 15 is 0 Å². The number of nitrogens with zero attached hydrogens (tertiary/aromatic N) is 4. The maximum Gasteiger partial charge on any atom is 0.416 e. The summed E-state index contributed by atoms with van der Waals surface area (Å²) in [5.41, 5.74) is -2.68. The Morgan fingerprint density at radius 3 is 2.67 bits per heavy atom. The van der Waals surface area contributed by atoms with Gasteiger partial charge in [0.2, 0.25) is 0 Å². The van der Waals surface area contributed by atoms with Crippen molar-refractivity contribution in [2.75, 3.05) is 19.6 Å². The Hall–Kier alpha value is -2.03. The highest BCUT2D eigenvalue weighted by molar-refractivity contribution is 7.89. The van der Waals surface area contributed by atoms with Crippen LogP contribution in [0, 0.1) is 21.1 Å². The second-order valence-corrected chi connectivity index (χ2v) is 6.74. The van der Waals surface area contributed by atoms with Crippen LogP contribution < -0.4 is 0 Å². The van der Waals surface area contributed by atoms with Crippen molar-refractivity contribution in [3.63, 3.8) is 0 Å². The Kier molecular flexibility index (Phi) is 5.22. The van der Waals surface area contributed by atoms with E-state index in [4.69, 9.17) is 5.26 Å². The first-order chi connectivity index (χ1) is 11.3. The molecule has 0 radical (unpaired) electrons. The lowest BCUT2D eigenvalue weighted by Crippen LogP contribution is -2.37. The van der Waals surface area contributed by atoms with Crippen LogP contribution in [0.3, 0.4) is 0 Å². The normalized spacial score (nSPS) is 22.8. The quantitative estimate of drug-likeness (QED) is 0.592. The highest BCUT2D eigenvalue weighted by Crippen LogP contribution is 2.34. The van der Waals surface area contributed by atoms with Gasteiger partial charge in [0, 0.05) is 6.54 Å². The Morgan fingerprint density at radius 1 is 1.42 bits per heavy atom. The van der Waals surface area contributed by atoms with Crippen LogP contribution in [-0.2, 0) is 17.5 Å². The summed E-state index contributed by atoms with van der Waals surface area (Å²) in [5, 5.41) is 14.6. The number of nitriles is 1. The van der Waals surface area contributed by atoms with Gasteiger partial charge in [0.25, 0.3) is 0 Å². The van der Waals surface area contributed by atoms with Crippen LogP contribution in [0.25, 0.3) is 0 Å². The van der Waals surface area contributed by atoms with Gasteiger partial charge in [0.15, 0.2) is 4.90 Å². The van der Waals surface area contributed by atoms with E-state index in [1.165, 1.54) is 4.31 Å². The number of halogens is 3. The molecule has 24 heavy (non-hydrogen) atoms. The van der Waals surface area contributed by atoms with Crippen molar-refractivity contribution in [1.29, 1.82) is 5.26 Å². The van der Waals surface area contributed by atoms with E-state index < -0.39 is 28.6 Å². The smallest absolute Gasteiger partial charge is 0.416 e. The summed E-state index contributed by atoms with van der Waals surface area (Å²) >= 11 is -1.96. The van der Waals surface area contributed by atoms with Gasteiger partial charge < -0.3 is 4.55 Å². The molecule has 0 amide bonds. The number of rotatable bonds is 5. The van der Waals surface area contributed by atoms with E-state index in [0.29, 0.717) is 6.07 Å². The average Bonchev–Trinajstić information content (AvgIpc) is 2.98. The monoisotopic (exact) mass is 360 g/mol. The second kappa shape index (κ2) is 6.84. The predicted molar refractivity (Wildman–Crippen MR) is 77.9 cm³/mol. The van der Waals surface area contributed by atoms with Gasteiger partial charge in [0.05, 0.1) is 23.5 Å². The van der Waals surface area contributed by atoms with Crippen LogP contribution in [0.2, 0.25) is 0 Å². The largest absolute Gasteiger partial charge is 0.593 e. The highest BCUT2D eigenvalue weighted by Gasteiger charge is 2.46. The first kappa shape index (κ1) is 18.3. The van der Waals surface area contributed by atoms with Crippen LogP contribution >= 0.6 is 0 Å². The molecule has 128 valence electrons. The third-order valence-corrected chi connectivity index (χ3v) is 5.21. The summed E-state index contributed by atoms with van der Waals surface area (Å²) in [6.07, 6.45) is -4.47. The van der Waals surface area contributed by atoms with Crippen LogP contribution in [0.5, 0.6) is 0 Å². The van der Waals surface area contributed by atoms with Crippen LogP contribution in [0.4, 0.5) is 13.2 Å². The van der Waals surface area contributed by atoms with E-state index in [9.17, 15) is 27.5 Å². The zero-order valence-electron chi connectivity index (χ0n) is 12.1. The van der Waals surface area contributed by atoms with Crippen molar-refractivity contribution >= 4 is 11.4 Å². The molecule has 0 N–H and O–H groups in total. The Bertz CT molecular complexity index is 694. The molecule has 0 saturated carbocycles. The molecular weight excluding hydrogens is 349 g/mol. The summed E-state index contributed by atoms with van der Waals surface area (Å²) in [7, 11) is 0. The van der Waals surface area contributed by atoms with E-state index in [2.05, 4.69) is 10.4 Å². The van der Waals surface area contributed by atoms with Gasteiger partial charge in [-0.05, 0) is 24.6 Å². The molecule has 2 atom stereocenters. The Labute approximate surface area is 137 Å². The van der Waals surface area contributed by atoms with Crippen molar-refractivity contribution < 1.29 is 17.7 Å². The van der Waals surface area contributed by atoms with E-state index in [-0.39, 0.29) is 36.5 Å². The molecule has 2 unspecified atom stereocenters. The lowest BCUT2D eigenvalue weighted by atomic mass is 10.0. The second-order valence-electron chi connectivity index (χ2n) is 5.29. The maximum atomic E-state index is 12.7. The summed E-state index contributed by atoms with van der Waals surface area (Å²) in [5.74, 6) is 0. The fraction of sp³-hybridized carbons (Fsp3) is 0.462. The van der Waals surface area contributed by atoms with Gasteiger partial charge >= 0.3 is 6.18 Å². The number of benzene rings is 1. The molecule has 0 aliphatic carbocycles. The van der Waals surface area contributed by atoms with Gasteiger partial charge in [-0.15, -0.1) is 4.31 Å². The molecule has 0 bridgehead atoms. The van der Waals surface area contributed by atoms with Crippen molar-refractivity contribution in [2.24, 2.45) is 10.4 Å². The SMILES string of the molecule is N#Cc1cc(C(F)(F)F)ccc1[S+]([O-])N1CCC(CN=O)(N=O)C1. The van der Waals surface area contributed by atoms with Gasteiger partial charge in [-0.3, -0.25) is 0 Å². The van der Waals surface area contributed by atoms with E-state index in [1.54, 1.807) is 6.07 Å². The molecule has 1 saturated heterocycles. The first-order valence-corrected chi connectivity index (χ1v) is 7.79. The molecule has 0 aromatic heterocycles. The summed E-state index contributed by atoms with van der Waals surface area (Å²) in [4.78, 5) is 21.3. The predicted octanol–water partition coefficient (Wildman–Crippen LogP) is 2.58. The molecule has 0 spiro atoms. The Balaban J connectivity index is 2.28. The standard InChI is InChI=1S/C13H11F3N4O3S/c14-13(15,16)10-1-2-11(9(5-10)6-17)24(23)20-4-3-12(8-20,19-22)7-18-21/h1-2,5H,3-4,7-8H2. The first-order valence-electron chi connectivity index (χ1n) is 6.68. The fourth-order valence-electron chi connectivity index (χ4n) is 2.40. The molecule has 11 heteroatoms. The molecule has 1 aliphatic rings. The minimum Gasteiger partial charge on any atom is -0.593 e. The van der Waals surface area contributed by atoms with Gasteiger partial charge in [-0.1, -0.05) is 10.4 Å². The molecule has 2 rings (SSSR count). The van der Waals surface area contributed by atoms with Gasteiger partial charge in [-0.25, -0.2) is 0 Å². The lowest BCUT2D eigenvalue weighted by Gasteiger charge is -2.21. The van der Waals surface area contributed by atoms with Crippen LogP contribution in [0.15, 0.2) is 33.4 Å². The molecule has 7 nitrogen and oxygen atoms in total. The third kappa shape index (κ3) is 3.55. The zero-order valence-corrected chi connectivity index (χ0v) is 12.9. The summed E-state index contributed by atoms with van der Waals surface area (Å²) in [6, 6.07) is 3.94. The number of hydrogen-bond donors (Lipinski definition) is 0. The fourth-order valence-corrected chi connectivity index (χ4v) is 3.77. The molecular formula is C13H11F3N4O3S. The van der Waals surface area contributed by atoms with Crippen molar-refractivity contribution in [3.05, 3.63) is 39.1 Å². The molecule has 1 fully saturated rings. The molecule has 1 aliphatic heterocycles. The van der Waals surface area contributed by atoms with E-state index in [0.717, 1.165) is 12.1 Å². The number of nitroso groups, excluding NO2 is 2. The topological polar surface area (TPSA) is 109 Å². The highest BCUT2D eigenvalue weighted by atomic mass is 32.2. The zero-order chi connectivity index (χ0) is 18.0. The average molecular weight is 360 g/mol. The summed E-state index contributed by atoms with van der Waals surface area (Å²) in [6.45, 7) is -0.358. The molecule has 1 heterocycles. The van der Waals surface area contributed by atoms with Gasteiger partial charge in [-0.2, -0.15) is 28.2 Å². The lowest BCUT2D eigenvalue weighted by molar-refractivity contribution is -0.137. The third-order valence-electron chi connectivity index (χ3n) is 3.70. The molecule has 1 aromatic rings. The van der Waals surface area contributed by atoms with Crippen molar-refractivity contribution in [3.8, 4) is 6.07 Å². The van der Waals surface area contributed by atoms with Crippen molar-refractivity contribution in [2.45, 2.75) is 23.0 Å².